The van der Waals surface area contributed by atoms with E-state index in [1.807, 2.05) is 25.1 Å². The van der Waals surface area contributed by atoms with Gasteiger partial charge in [0.05, 0.1) is 5.69 Å². The maximum absolute atomic E-state index is 13.1. The molecule has 0 aliphatic heterocycles. The first-order valence-corrected chi connectivity index (χ1v) is 11.6. The van der Waals surface area contributed by atoms with Gasteiger partial charge in [0.2, 0.25) is 0 Å². The lowest BCUT2D eigenvalue weighted by Gasteiger charge is -2.22. The van der Waals surface area contributed by atoms with Crippen molar-refractivity contribution in [2.45, 2.75) is 25.2 Å². The number of sulfonamides is 1. The van der Waals surface area contributed by atoms with Gasteiger partial charge in [-0.05, 0) is 49.7 Å². The van der Waals surface area contributed by atoms with E-state index in [-0.39, 0.29) is 17.0 Å². The third-order valence-electron chi connectivity index (χ3n) is 5.17. The molecule has 0 saturated carbocycles. The van der Waals surface area contributed by atoms with Crippen molar-refractivity contribution < 1.29 is 8.42 Å². The lowest BCUT2D eigenvalue weighted by molar-refractivity contribution is 0.591. The second-order valence-corrected chi connectivity index (χ2v) is 9.11. The maximum atomic E-state index is 13.1. The maximum Gasteiger partial charge on any atom is 0.276 e. The van der Waals surface area contributed by atoms with Crippen LogP contribution in [-0.4, -0.2) is 34.7 Å². The van der Waals surface area contributed by atoms with Crippen molar-refractivity contribution in [1.82, 2.24) is 19.7 Å². The molecule has 1 aromatic carbocycles. The molecule has 0 aliphatic rings. The average Bonchev–Trinajstić information content (AvgIpc) is 3.09. The zero-order chi connectivity index (χ0) is 22.7. The molecule has 3 aromatic heterocycles. The van der Waals surface area contributed by atoms with Gasteiger partial charge in [-0.1, -0.05) is 24.3 Å². The molecule has 0 atom stereocenters. The molecule has 0 radical (unpaired) electrons. The van der Waals surface area contributed by atoms with Gasteiger partial charge in [0.15, 0.2) is 5.82 Å². The van der Waals surface area contributed by atoms with E-state index in [1.54, 1.807) is 43.6 Å². The van der Waals surface area contributed by atoms with Crippen LogP contribution in [0.3, 0.4) is 0 Å². The summed E-state index contributed by atoms with van der Waals surface area (Å²) >= 11 is 0. The predicted molar refractivity (Wildman–Crippen MR) is 123 cm³/mol. The Hall–Kier alpha value is -3.72. The van der Waals surface area contributed by atoms with Gasteiger partial charge >= 0.3 is 0 Å². The highest BCUT2D eigenvalue weighted by Gasteiger charge is 2.24. The smallest absolute Gasteiger partial charge is 0.276 e. The van der Waals surface area contributed by atoms with Crippen LogP contribution in [0.15, 0.2) is 82.9 Å². The van der Waals surface area contributed by atoms with Gasteiger partial charge in [0.25, 0.3) is 15.6 Å². The Balaban J connectivity index is 1.64. The number of hydrogen-bond acceptors (Lipinski definition) is 5. The lowest BCUT2D eigenvalue weighted by atomic mass is 10.1. The van der Waals surface area contributed by atoms with E-state index < -0.39 is 10.0 Å². The molecule has 9 heteroatoms. The second kappa shape index (κ2) is 8.80. The zero-order valence-corrected chi connectivity index (χ0v) is 18.6. The number of benzene rings is 1. The Kier molecular flexibility index (Phi) is 5.91. The summed E-state index contributed by atoms with van der Waals surface area (Å²) in [6.07, 6.45) is 5.12. The van der Waals surface area contributed by atoms with Gasteiger partial charge in [-0.2, -0.15) is 0 Å². The molecule has 0 bridgehead atoms. The molecule has 0 fully saturated rings. The molecule has 1 N–H and O–H groups in total. The summed E-state index contributed by atoms with van der Waals surface area (Å²) in [5.41, 5.74) is 2.61. The molecular weight excluding hydrogens is 426 g/mol. The third kappa shape index (κ3) is 4.06. The molecule has 164 valence electrons. The van der Waals surface area contributed by atoms with E-state index in [0.717, 1.165) is 11.3 Å². The summed E-state index contributed by atoms with van der Waals surface area (Å²) in [6, 6.07) is 15.6. The first-order valence-electron chi connectivity index (χ1n) is 10.2. The molecule has 0 unspecified atom stereocenters. The minimum Gasteiger partial charge on any atom is -0.294 e. The summed E-state index contributed by atoms with van der Waals surface area (Å²) in [5, 5.41) is 3.03. The number of H-pyrrole nitrogens is 1. The minimum absolute atomic E-state index is 0.0545. The van der Waals surface area contributed by atoms with Gasteiger partial charge in [0, 0.05) is 42.8 Å². The van der Waals surface area contributed by atoms with Crippen LogP contribution in [0.5, 0.6) is 0 Å². The summed E-state index contributed by atoms with van der Waals surface area (Å²) in [7, 11) is -3.79. The lowest BCUT2D eigenvalue weighted by Crippen LogP contribution is -2.30. The van der Waals surface area contributed by atoms with Crippen LogP contribution in [0.1, 0.15) is 23.7 Å². The van der Waals surface area contributed by atoms with E-state index in [2.05, 4.69) is 15.1 Å². The zero-order valence-electron chi connectivity index (χ0n) is 17.8. The fourth-order valence-corrected chi connectivity index (χ4v) is 4.95. The largest absolute Gasteiger partial charge is 0.294 e. The van der Waals surface area contributed by atoms with Gasteiger partial charge in [-0.3, -0.25) is 19.2 Å². The van der Waals surface area contributed by atoms with Crippen molar-refractivity contribution in [2.75, 3.05) is 10.8 Å². The first kappa shape index (κ1) is 21.5. The van der Waals surface area contributed by atoms with Gasteiger partial charge < -0.3 is 0 Å². The number of nitrogens with one attached hydrogen (secondary N) is 1. The molecular formula is C23H23N5O3S. The fourth-order valence-electron chi connectivity index (χ4n) is 3.53. The topological polar surface area (TPSA) is 101 Å². The van der Waals surface area contributed by atoms with Crippen LogP contribution < -0.4 is 9.86 Å². The number of rotatable bonds is 7. The van der Waals surface area contributed by atoms with Crippen LogP contribution >= 0.6 is 0 Å². The molecule has 4 rings (SSSR count). The highest BCUT2D eigenvalue weighted by molar-refractivity contribution is 7.92. The Morgan fingerprint density at radius 3 is 2.44 bits per heavy atom. The van der Waals surface area contributed by atoms with Crippen LogP contribution in [-0.2, 0) is 16.4 Å². The van der Waals surface area contributed by atoms with Crippen molar-refractivity contribution in [1.29, 1.82) is 0 Å². The SMILES string of the molecule is CCN(c1ccccc1)S(=O)(=O)c1ccc(-n2[nH]c(C)c(Cc3cccnc3)c2=O)nc1. The first-order chi connectivity index (χ1) is 15.4. The Morgan fingerprint density at radius 2 is 1.81 bits per heavy atom. The van der Waals surface area contributed by atoms with Crippen LogP contribution in [0.4, 0.5) is 5.69 Å². The summed E-state index contributed by atoms with van der Waals surface area (Å²) in [4.78, 5) is 21.4. The van der Waals surface area contributed by atoms with Crippen molar-refractivity contribution in [3.8, 4) is 5.82 Å². The van der Waals surface area contributed by atoms with E-state index in [1.165, 1.54) is 27.3 Å². The highest BCUT2D eigenvalue weighted by Crippen LogP contribution is 2.23. The van der Waals surface area contributed by atoms with E-state index >= 15 is 0 Å². The molecule has 0 aliphatic carbocycles. The van der Waals surface area contributed by atoms with Gasteiger partial charge in [0.1, 0.15) is 4.90 Å². The number of aromatic nitrogens is 4. The van der Waals surface area contributed by atoms with Gasteiger partial charge in [-0.25, -0.2) is 18.1 Å². The number of para-hydroxylation sites is 1. The number of aryl methyl sites for hydroxylation is 1. The Morgan fingerprint density at radius 1 is 1.03 bits per heavy atom. The van der Waals surface area contributed by atoms with E-state index in [0.29, 0.717) is 23.5 Å². The summed E-state index contributed by atoms with van der Waals surface area (Å²) < 4.78 is 28.9. The summed E-state index contributed by atoms with van der Waals surface area (Å²) in [6.45, 7) is 3.87. The van der Waals surface area contributed by atoms with Crippen molar-refractivity contribution >= 4 is 15.7 Å². The highest BCUT2D eigenvalue weighted by atomic mass is 32.2. The molecule has 0 saturated heterocycles. The summed E-state index contributed by atoms with van der Waals surface area (Å²) in [5.74, 6) is 0.317. The monoisotopic (exact) mass is 449 g/mol. The normalized spacial score (nSPS) is 11.4. The molecule has 8 nitrogen and oxygen atoms in total. The van der Waals surface area contributed by atoms with Gasteiger partial charge in [-0.15, -0.1) is 0 Å². The quantitative estimate of drug-likeness (QED) is 0.467. The number of pyridine rings is 2. The number of nitrogens with zero attached hydrogens (tertiary/aromatic N) is 4. The predicted octanol–water partition coefficient (Wildman–Crippen LogP) is 3.07. The second-order valence-electron chi connectivity index (χ2n) is 7.25. The average molecular weight is 450 g/mol. The molecule has 32 heavy (non-hydrogen) atoms. The number of aromatic amines is 1. The van der Waals surface area contributed by atoms with E-state index in [4.69, 9.17) is 0 Å². The van der Waals surface area contributed by atoms with Crippen LogP contribution in [0, 0.1) is 6.92 Å². The van der Waals surface area contributed by atoms with Crippen LogP contribution in [0.2, 0.25) is 0 Å². The van der Waals surface area contributed by atoms with Crippen molar-refractivity contribution in [3.63, 3.8) is 0 Å². The third-order valence-corrected chi connectivity index (χ3v) is 7.05. The Labute approximate surface area is 186 Å². The fraction of sp³-hybridized carbons (Fsp3) is 0.174. The van der Waals surface area contributed by atoms with E-state index in [9.17, 15) is 13.2 Å². The van der Waals surface area contributed by atoms with Crippen LogP contribution in [0.25, 0.3) is 5.82 Å². The van der Waals surface area contributed by atoms with Crippen molar-refractivity contribution in [2.24, 2.45) is 0 Å². The number of anilines is 1. The Bertz CT molecular complexity index is 1360. The molecule has 0 amide bonds. The minimum atomic E-state index is -3.79. The van der Waals surface area contributed by atoms with Crippen molar-refractivity contribution in [3.05, 3.63) is 100 Å². The molecule has 3 heterocycles. The standard InChI is InChI=1S/C23H23N5O3S/c1-3-27(19-9-5-4-6-10-19)32(30,31)20-11-12-22(25-16-20)28-23(29)21(17(2)26-28)14-18-8-7-13-24-15-18/h4-13,15-16,26H,3,14H2,1-2H3. The molecule has 4 aromatic rings. The molecule has 0 spiro atoms. The number of hydrogen-bond donors (Lipinski definition) is 1.